The van der Waals surface area contributed by atoms with Gasteiger partial charge in [-0.15, -0.1) is 0 Å². The first-order valence-electron chi connectivity index (χ1n) is 7.08. The van der Waals surface area contributed by atoms with Crippen LogP contribution in [-0.4, -0.2) is 37.2 Å². The highest BCUT2D eigenvalue weighted by Crippen LogP contribution is 2.36. The highest BCUT2D eigenvalue weighted by Gasteiger charge is 2.40. The van der Waals surface area contributed by atoms with Crippen molar-refractivity contribution < 1.29 is 4.74 Å². The zero-order valence-corrected chi connectivity index (χ0v) is 12.7. The van der Waals surface area contributed by atoms with E-state index in [1.54, 1.807) is 0 Å². The van der Waals surface area contributed by atoms with E-state index in [4.69, 9.17) is 10.5 Å². The number of hydrogen-bond acceptors (Lipinski definition) is 3. The third kappa shape index (κ3) is 3.12. The molecule has 1 aromatic carbocycles. The van der Waals surface area contributed by atoms with E-state index < -0.39 is 0 Å². The van der Waals surface area contributed by atoms with Crippen LogP contribution < -0.4 is 10.5 Å². The fraction of sp³-hybridized carbons (Fsp3) is 0.600. The zero-order chi connectivity index (χ0) is 13.2. The van der Waals surface area contributed by atoms with Gasteiger partial charge in [-0.2, -0.15) is 0 Å². The quantitative estimate of drug-likeness (QED) is 0.924. The summed E-state index contributed by atoms with van der Waals surface area (Å²) in [5.41, 5.74) is 6.16. The SMILES string of the molecule is NC1CCC2CN(CCOc3cccc(Br)c3)CC12. The van der Waals surface area contributed by atoms with Crippen LogP contribution >= 0.6 is 15.9 Å². The van der Waals surface area contributed by atoms with Crippen LogP contribution in [0.3, 0.4) is 0 Å². The lowest BCUT2D eigenvalue weighted by Gasteiger charge is -2.18. The molecule has 104 valence electrons. The molecule has 0 bridgehead atoms. The number of hydrogen-bond donors (Lipinski definition) is 1. The van der Waals surface area contributed by atoms with Gasteiger partial charge in [0.15, 0.2) is 0 Å². The Hall–Kier alpha value is -0.580. The maximum absolute atomic E-state index is 6.16. The van der Waals surface area contributed by atoms with Crippen LogP contribution in [0.4, 0.5) is 0 Å². The maximum Gasteiger partial charge on any atom is 0.120 e. The van der Waals surface area contributed by atoms with E-state index in [1.165, 1.54) is 19.4 Å². The molecule has 3 atom stereocenters. The molecule has 3 nitrogen and oxygen atoms in total. The molecule has 2 fully saturated rings. The molecule has 1 aliphatic carbocycles. The van der Waals surface area contributed by atoms with Gasteiger partial charge in [0.1, 0.15) is 12.4 Å². The van der Waals surface area contributed by atoms with Gasteiger partial charge in [-0.25, -0.2) is 0 Å². The molecule has 0 spiro atoms. The van der Waals surface area contributed by atoms with E-state index in [1.807, 2.05) is 24.3 Å². The molecule has 1 heterocycles. The maximum atomic E-state index is 6.16. The molecule has 4 heteroatoms. The Kier molecular flexibility index (Phi) is 4.10. The van der Waals surface area contributed by atoms with Crippen LogP contribution in [0.25, 0.3) is 0 Å². The van der Waals surface area contributed by atoms with Gasteiger partial charge in [-0.3, -0.25) is 4.90 Å². The lowest BCUT2D eigenvalue weighted by atomic mass is 9.98. The molecular formula is C15H21BrN2O. The Morgan fingerprint density at radius 2 is 2.21 bits per heavy atom. The summed E-state index contributed by atoms with van der Waals surface area (Å²) >= 11 is 3.46. The van der Waals surface area contributed by atoms with Crippen molar-refractivity contribution in [1.82, 2.24) is 4.90 Å². The highest BCUT2D eigenvalue weighted by atomic mass is 79.9. The summed E-state index contributed by atoms with van der Waals surface area (Å²) in [7, 11) is 0. The number of halogens is 1. The average Bonchev–Trinajstić information content (AvgIpc) is 2.92. The van der Waals surface area contributed by atoms with Crippen molar-refractivity contribution in [2.75, 3.05) is 26.2 Å². The predicted molar refractivity (Wildman–Crippen MR) is 80.3 cm³/mol. The number of nitrogens with two attached hydrogens (primary N) is 1. The van der Waals surface area contributed by atoms with Crippen LogP contribution in [0.15, 0.2) is 28.7 Å². The van der Waals surface area contributed by atoms with Crippen molar-refractivity contribution in [1.29, 1.82) is 0 Å². The van der Waals surface area contributed by atoms with Crippen LogP contribution in [-0.2, 0) is 0 Å². The molecule has 0 aromatic heterocycles. The Morgan fingerprint density at radius 3 is 3.00 bits per heavy atom. The summed E-state index contributed by atoms with van der Waals surface area (Å²) in [6.45, 7) is 4.13. The fourth-order valence-electron chi connectivity index (χ4n) is 3.43. The van der Waals surface area contributed by atoms with Gasteiger partial charge in [0.2, 0.25) is 0 Å². The van der Waals surface area contributed by atoms with E-state index in [0.29, 0.717) is 6.04 Å². The molecule has 2 aliphatic rings. The summed E-state index contributed by atoms with van der Waals surface area (Å²) in [5, 5.41) is 0. The first-order valence-corrected chi connectivity index (χ1v) is 7.88. The summed E-state index contributed by atoms with van der Waals surface area (Å²) in [4.78, 5) is 2.51. The lowest BCUT2D eigenvalue weighted by molar-refractivity contribution is 0.225. The average molecular weight is 325 g/mol. The minimum Gasteiger partial charge on any atom is -0.492 e. The van der Waals surface area contributed by atoms with Gasteiger partial charge < -0.3 is 10.5 Å². The summed E-state index contributed by atoms with van der Waals surface area (Å²) in [6.07, 6.45) is 2.53. The van der Waals surface area contributed by atoms with Crippen molar-refractivity contribution >= 4 is 15.9 Å². The second kappa shape index (κ2) is 5.81. The van der Waals surface area contributed by atoms with E-state index >= 15 is 0 Å². The molecule has 2 N–H and O–H groups in total. The first-order chi connectivity index (χ1) is 9.22. The van der Waals surface area contributed by atoms with Gasteiger partial charge in [-0.05, 0) is 42.9 Å². The largest absolute Gasteiger partial charge is 0.492 e. The first kappa shape index (κ1) is 13.4. The Labute approximate surface area is 123 Å². The molecule has 1 saturated heterocycles. The number of ether oxygens (including phenoxy) is 1. The zero-order valence-electron chi connectivity index (χ0n) is 11.1. The van der Waals surface area contributed by atoms with Crippen molar-refractivity contribution in [3.05, 3.63) is 28.7 Å². The fourth-order valence-corrected chi connectivity index (χ4v) is 3.81. The second-order valence-electron chi connectivity index (χ2n) is 5.73. The molecule has 1 saturated carbocycles. The molecule has 0 radical (unpaired) electrons. The van der Waals surface area contributed by atoms with E-state index in [9.17, 15) is 0 Å². The Bertz CT molecular complexity index is 440. The highest BCUT2D eigenvalue weighted by molar-refractivity contribution is 9.10. The number of rotatable bonds is 4. The second-order valence-corrected chi connectivity index (χ2v) is 6.65. The van der Waals surface area contributed by atoms with Crippen molar-refractivity contribution in [2.45, 2.75) is 18.9 Å². The number of likely N-dealkylation sites (tertiary alicyclic amines) is 1. The molecule has 3 unspecified atom stereocenters. The lowest BCUT2D eigenvalue weighted by Crippen LogP contribution is -2.32. The van der Waals surface area contributed by atoms with Crippen LogP contribution in [0, 0.1) is 11.8 Å². The van der Waals surface area contributed by atoms with Gasteiger partial charge in [0, 0.05) is 30.1 Å². The number of benzene rings is 1. The van der Waals surface area contributed by atoms with Gasteiger partial charge >= 0.3 is 0 Å². The minimum absolute atomic E-state index is 0.431. The standard InChI is InChI=1S/C15H21BrN2O/c16-12-2-1-3-13(8-12)19-7-6-18-9-11-4-5-15(17)14(11)10-18/h1-3,8,11,14-15H,4-7,9-10,17H2. The van der Waals surface area contributed by atoms with Crippen LogP contribution in [0.2, 0.25) is 0 Å². The van der Waals surface area contributed by atoms with E-state index in [0.717, 1.165) is 41.8 Å². The molecule has 0 amide bonds. The third-order valence-corrected chi connectivity index (χ3v) is 4.95. The van der Waals surface area contributed by atoms with Crippen LogP contribution in [0.5, 0.6) is 5.75 Å². The summed E-state index contributed by atoms with van der Waals surface area (Å²) < 4.78 is 6.86. The van der Waals surface area contributed by atoms with E-state index in [2.05, 4.69) is 20.8 Å². The van der Waals surface area contributed by atoms with Crippen molar-refractivity contribution in [3.63, 3.8) is 0 Å². The van der Waals surface area contributed by atoms with Gasteiger partial charge in [0.05, 0.1) is 0 Å². The molecule has 19 heavy (non-hydrogen) atoms. The summed E-state index contributed by atoms with van der Waals surface area (Å²) in [5.74, 6) is 2.50. The van der Waals surface area contributed by atoms with Crippen LogP contribution in [0.1, 0.15) is 12.8 Å². The van der Waals surface area contributed by atoms with Gasteiger partial charge in [-0.1, -0.05) is 22.0 Å². The normalized spacial score (nSPS) is 30.5. The smallest absolute Gasteiger partial charge is 0.120 e. The minimum atomic E-state index is 0.431. The van der Waals surface area contributed by atoms with E-state index in [-0.39, 0.29) is 0 Å². The third-order valence-electron chi connectivity index (χ3n) is 4.46. The monoisotopic (exact) mass is 324 g/mol. The number of nitrogens with zero attached hydrogens (tertiary/aromatic N) is 1. The Balaban J connectivity index is 1.44. The predicted octanol–water partition coefficient (Wildman–Crippen LogP) is 2.50. The Morgan fingerprint density at radius 1 is 1.32 bits per heavy atom. The molecule has 1 aliphatic heterocycles. The molecule has 1 aromatic rings. The van der Waals surface area contributed by atoms with Gasteiger partial charge in [0.25, 0.3) is 0 Å². The van der Waals surface area contributed by atoms with Crippen molar-refractivity contribution in [2.24, 2.45) is 17.6 Å². The van der Waals surface area contributed by atoms with Crippen molar-refractivity contribution in [3.8, 4) is 5.75 Å². The summed E-state index contributed by atoms with van der Waals surface area (Å²) in [6, 6.07) is 8.45. The number of fused-ring (bicyclic) bond motifs is 1. The molecular weight excluding hydrogens is 304 g/mol. The molecule has 3 rings (SSSR count). The topological polar surface area (TPSA) is 38.5 Å².